The average molecular weight is 111 g/mol. The van der Waals surface area contributed by atoms with Gasteiger partial charge in [0, 0.05) is 0 Å². The van der Waals surface area contributed by atoms with E-state index in [0.717, 1.165) is 5.57 Å². The Morgan fingerprint density at radius 3 is 2.38 bits per heavy atom. The van der Waals surface area contributed by atoms with Crippen molar-refractivity contribution in [3.05, 3.63) is 24.3 Å². The van der Waals surface area contributed by atoms with Gasteiger partial charge in [-0.2, -0.15) is 0 Å². The predicted molar refractivity (Wildman–Crippen MR) is 34.1 cm³/mol. The van der Waals surface area contributed by atoms with Crippen LogP contribution in [0.4, 0.5) is 0 Å². The van der Waals surface area contributed by atoms with Gasteiger partial charge >= 0.3 is 0 Å². The first kappa shape index (κ1) is 7.44. The van der Waals surface area contributed by atoms with Crippen LogP contribution in [0.2, 0.25) is 0 Å². The third-order valence-electron chi connectivity index (χ3n) is 0.820. The minimum absolute atomic E-state index is 0.604. The van der Waals surface area contributed by atoms with Crippen molar-refractivity contribution >= 4 is 0 Å². The monoisotopic (exact) mass is 111 g/mol. The van der Waals surface area contributed by atoms with Crippen LogP contribution in [0.1, 0.15) is 13.8 Å². The fourth-order valence-corrected chi connectivity index (χ4v) is 0.438. The van der Waals surface area contributed by atoms with Crippen molar-refractivity contribution in [3.8, 4) is 0 Å². The lowest BCUT2D eigenvalue weighted by atomic mass is 10.2. The highest BCUT2D eigenvalue weighted by Gasteiger charge is 1.88. The number of hydrogen-bond donors (Lipinski definition) is 0. The average Bonchev–Trinajstić information content (AvgIpc) is 1.65. The molecule has 0 saturated heterocycles. The van der Waals surface area contributed by atoms with Crippen LogP contribution >= 0.6 is 0 Å². The third kappa shape index (κ3) is 3.62. The summed E-state index contributed by atoms with van der Waals surface area (Å²) in [6, 6.07) is 0. The van der Waals surface area contributed by atoms with Gasteiger partial charge in [0.05, 0.1) is 0 Å². The van der Waals surface area contributed by atoms with E-state index < -0.39 is 6.10 Å². The zero-order chi connectivity index (χ0) is 6.57. The van der Waals surface area contributed by atoms with Crippen LogP contribution in [0.3, 0.4) is 0 Å². The summed E-state index contributed by atoms with van der Waals surface area (Å²) in [5.41, 5.74) is 0.951. The first-order chi connectivity index (χ1) is 3.66. The lowest BCUT2D eigenvalue weighted by molar-refractivity contribution is 0.146. The highest BCUT2D eigenvalue weighted by Crippen LogP contribution is 1.95. The van der Waals surface area contributed by atoms with Crippen molar-refractivity contribution in [1.82, 2.24) is 0 Å². The second-order valence-corrected chi connectivity index (χ2v) is 1.82. The molecule has 0 bridgehead atoms. The van der Waals surface area contributed by atoms with Crippen molar-refractivity contribution in [1.29, 1.82) is 0 Å². The van der Waals surface area contributed by atoms with Crippen molar-refractivity contribution in [3.63, 3.8) is 0 Å². The number of rotatable bonds is 2. The minimum Gasteiger partial charge on any atom is -0.229 e. The molecule has 0 aliphatic carbocycles. The number of hydrogen-bond acceptors (Lipinski definition) is 0. The SMILES string of the molecule is C=CC(C)=CC(C)[O]. The second kappa shape index (κ2) is 3.44. The molecule has 0 N–H and O–H groups in total. The zero-order valence-electron chi connectivity index (χ0n) is 5.35. The molecule has 0 aliphatic heterocycles. The van der Waals surface area contributed by atoms with Crippen LogP contribution in [0.15, 0.2) is 24.3 Å². The molecular formula is C7H11O. The molecule has 0 aromatic carbocycles. The van der Waals surface area contributed by atoms with E-state index in [9.17, 15) is 5.11 Å². The van der Waals surface area contributed by atoms with Gasteiger partial charge in [-0.25, -0.2) is 5.11 Å². The molecule has 0 aliphatic rings. The van der Waals surface area contributed by atoms with Crippen molar-refractivity contribution < 1.29 is 5.11 Å². The maximum Gasteiger partial charge on any atom is 0.109 e. The topological polar surface area (TPSA) is 19.9 Å². The van der Waals surface area contributed by atoms with Crippen LogP contribution in [0, 0.1) is 0 Å². The summed E-state index contributed by atoms with van der Waals surface area (Å²) in [6.45, 7) is 6.97. The summed E-state index contributed by atoms with van der Waals surface area (Å²) >= 11 is 0. The van der Waals surface area contributed by atoms with E-state index in [4.69, 9.17) is 0 Å². The summed E-state index contributed by atoms with van der Waals surface area (Å²) < 4.78 is 0. The van der Waals surface area contributed by atoms with Crippen LogP contribution in [-0.2, 0) is 5.11 Å². The van der Waals surface area contributed by atoms with Gasteiger partial charge in [0.15, 0.2) is 0 Å². The molecule has 0 saturated carbocycles. The van der Waals surface area contributed by atoms with Crippen LogP contribution < -0.4 is 0 Å². The minimum atomic E-state index is -0.604. The van der Waals surface area contributed by atoms with Gasteiger partial charge in [-0.15, -0.1) is 0 Å². The fourth-order valence-electron chi connectivity index (χ4n) is 0.438. The van der Waals surface area contributed by atoms with Gasteiger partial charge in [0.1, 0.15) is 6.10 Å². The van der Waals surface area contributed by atoms with Crippen molar-refractivity contribution in [2.75, 3.05) is 0 Å². The standard InChI is InChI=1S/C7H11O/c1-4-6(2)5-7(3)8/h4-5,7H,1H2,2-3H3. The Morgan fingerprint density at radius 2 is 2.25 bits per heavy atom. The lowest BCUT2D eigenvalue weighted by Crippen LogP contribution is -1.90. The summed E-state index contributed by atoms with van der Waals surface area (Å²) in [7, 11) is 0. The van der Waals surface area contributed by atoms with Gasteiger partial charge in [0.2, 0.25) is 0 Å². The van der Waals surface area contributed by atoms with Crippen LogP contribution in [0.25, 0.3) is 0 Å². The van der Waals surface area contributed by atoms with E-state index in [1.54, 1.807) is 19.1 Å². The predicted octanol–water partition coefficient (Wildman–Crippen LogP) is 1.94. The summed E-state index contributed by atoms with van der Waals surface area (Å²) in [5, 5.41) is 10.4. The van der Waals surface area contributed by atoms with E-state index in [1.807, 2.05) is 6.92 Å². The van der Waals surface area contributed by atoms with Gasteiger partial charge in [-0.1, -0.05) is 24.3 Å². The first-order valence-corrected chi connectivity index (χ1v) is 2.63. The lowest BCUT2D eigenvalue weighted by Gasteiger charge is -1.91. The smallest absolute Gasteiger partial charge is 0.109 e. The number of allylic oxidation sites excluding steroid dienone is 2. The molecule has 0 aromatic rings. The normalized spacial score (nSPS) is 15.6. The van der Waals surface area contributed by atoms with E-state index in [2.05, 4.69) is 6.58 Å². The molecule has 0 heterocycles. The largest absolute Gasteiger partial charge is 0.229 e. The molecule has 1 nitrogen and oxygen atoms in total. The maximum absolute atomic E-state index is 10.4. The molecular weight excluding hydrogens is 100 g/mol. The van der Waals surface area contributed by atoms with Gasteiger partial charge in [-0.3, -0.25) is 0 Å². The molecule has 1 heteroatoms. The van der Waals surface area contributed by atoms with E-state index in [0.29, 0.717) is 0 Å². The highest BCUT2D eigenvalue weighted by molar-refractivity contribution is 5.13. The molecule has 0 amide bonds. The Balaban J connectivity index is 3.74. The molecule has 0 fully saturated rings. The molecule has 0 spiro atoms. The molecule has 1 unspecified atom stereocenters. The van der Waals surface area contributed by atoms with Crippen LogP contribution in [0.5, 0.6) is 0 Å². The molecule has 1 atom stereocenters. The fraction of sp³-hybridized carbons (Fsp3) is 0.429. The van der Waals surface area contributed by atoms with E-state index in [-0.39, 0.29) is 0 Å². The van der Waals surface area contributed by atoms with Gasteiger partial charge in [-0.05, 0) is 13.8 Å². The van der Waals surface area contributed by atoms with Gasteiger partial charge < -0.3 is 0 Å². The Kier molecular flexibility index (Phi) is 3.20. The summed E-state index contributed by atoms with van der Waals surface area (Å²) in [6.07, 6.45) is 2.70. The summed E-state index contributed by atoms with van der Waals surface area (Å²) in [5.74, 6) is 0. The molecule has 1 radical (unpaired) electrons. The Morgan fingerprint density at radius 1 is 1.75 bits per heavy atom. The maximum atomic E-state index is 10.4. The van der Waals surface area contributed by atoms with E-state index >= 15 is 0 Å². The van der Waals surface area contributed by atoms with Crippen LogP contribution in [-0.4, -0.2) is 6.10 Å². The van der Waals surface area contributed by atoms with E-state index in [1.165, 1.54) is 0 Å². The first-order valence-electron chi connectivity index (χ1n) is 2.63. The molecule has 45 valence electrons. The molecule has 0 rings (SSSR count). The molecule has 0 aromatic heterocycles. The third-order valence-corrected chi connectivity index (χ3v) is 0.820. The summed E-state index contributed by atoms with van der Waals surface area (Å²) in [4.78, 5) is 0. The second-order valence-electron chi connectivity index (χ2n) is 1.82. The Labute approximate surface area is 50.3 Å². The Bertz CT molecular complexity index is 101. The van der Waals surface area contributed by atoms with Gasteiger partial charge in [0.25, 0.3) is 0 Å². The molecule has 8 heavy (non-hydrogen) atoms. The quantitative estimate of drug-likeness (QED) is 0.485. The Hall–Kier alpha value is -0.560. The van der Waals surface area contributed by atoms with Crippen molar-refractivity contribution in [2.24, 2.45) is 0 Å². The highest BCUT2D eigenvalue weighted by atomic mass is 16.3. The van der Waals surface area contributed by atoms with Crippen molar-refractivity contribution in [2.45, 2.75) is 20.0 Å². The zero-order valence-corrected chi connectivity index (χ0v) is 5.35.